The SMILES string of the molecule is CN(C)/C=N/c1nc(O)c2ncn([C@H]3C[C@H](O)[C@@H](CO[Si](c4ccccc4)(c4ccccc4)C(C)(C)C)O3)c2n1. The van der Waals surface area contributed by atoms with Gasteiger partial charge in [-0.2, -0.15) is 9.97 Å². The number of hydrogen-bond donors (Lipinski definition) is 2. The summed E-state index contributed by atoms with van der Waals surface area (Å²) in [6.45, 7) is 6.87. The standard InChI is InChI=1S/C29H36N6O4Si/c1-29(2,3)40(20-12-8-6-9-13-20,21-14-10-7-11-15-21)38-17-23-22(36)16-24(39-23)35-19-30-25-26(35)32-28(33-27(25)37)31-18-34(4)5/h6-15,18-19,22-24,36H,16-17H2,1-5H3,(H,32,33,37)/b31-18+/t22-,23+,24+/m0/s1. The number of aliphatic imine (C=N–C) groups is 1. The van der Waals surface area contributed by atoms with Crippen LogP contribution in [0.15, 0.2) is 72.0 Å². The van der Waals surface area contributed by atoms with Crippen LogP contribution in [0.4, 0.5) is 5.95 Å². The number of benzene rings is 2. The van der Waals surface area contributed by atoms with Crippen LogP contribution in [0.25, 0.3) is 11.2 Å². The maximum atomic E-state index is 11.1. The third-order valence-corrected chi connectivity index (χ3v) is 12.2. The molecule has 11 heteroatoms. The number of aliphatic hydroxyl groups is 1. The molecule has 0 radical (unpaired) electrons. The number of aromatic hydroxyl groups is 1. The van der Waals surface area contributed by atoms with Gasteiger partial charge in [-0.25, -0.2) is 9.98 Å². The van der Waals surface area contributed by atoms with E-state index < -0.39 is 26.8 Å². The van der Waals surface area contributed by atoms with Crippen molar-refractivity contribution in [2.45, 2.75) is 50.7 Å². The van der Waals surface area contributed by atoms with E-state index in [1.54, 1.807) is 22.1 Å². The highest BCUT2D eigenvalue weighted by Gasteiger charge is 2.51. The highest BCUT2D eigenvalue weighted by molar-refractivity contribution is 6.99. The summed E-state index contributed by atoms with van der Waals surface area (Å²) in [6.07, 6.45) is 1.54. The Bertz CT molecular complexity index is 1430. The fourth-order valence-electron chi connectivity index (χ4n) is 5.33. The van der Waals surface area contributed by atoms with Crippen LogP contribution >= 0.6 is 0 Å². The smallest absolute Gasteiger partial charge is 0.261 e. The van der Waals surface area contributed by atoms with Crippen LogP contribution in [-0.2, 0) is 9.16 Å². The quantitative estimate of drug-likeness (QED) is 0.192. The van der Waals surface area contributed by atoms with Crippen LogP contribution in [0.5, 0.6) is 5.88 Å². The molecule has 1 saturated heterocycles. The first-order valence-corrected chi connectivity index (χ1v) is 15.2. The molecule has 4 aromatic rings. The molecular weight excluding hydrogens is 524 g/mol. The summed E-state index contributed by atoms with van der Waals surface area (Å²) in [4.78, 5) is 18.7. The molecule has 3 atom stereocenters. The van der Waals surface area contributed by atoms with Crippen molar-refractivity contribution in [3.8, 4) is 5.88 Å². The van der Waals surface area contributed by atoms with Crippen molar-refractivity contribution in [1.82, 2.24) is 24.4 Å². The zero-order valence-corrected chi connectivity index (χ0v) is 24.5. The van der Waals surface area contributed by atoms with Crippen molar-refractivity contribution < 1.29 is 19.4 Å². The van der Waals surface area contributed by atoms with Crippen LogP contribution in [0.3, 0.4) is 0 Å². The molecule has 40 heavy (non-hydrogen) atoms. The largest absolute Gasteiger partial charge is 0.492 e. The van der Waals surface area contributed by atoms with E-state index in [2.05, 4.69) is 65.0 Å². The van der Waals surface area contributed by atoms with Crippen LogP contribution < -0.4 is 10.4 Å². The van der Waals surface area contributed by atoms with Crippen molar-refractivity contribution in [3.05, 3.63) is 67.0 Å². The minimum Gasteiger partial charge on any atom is -0.492 e. The molecule has 2 aromatic heterocycles. The van der Waals surface area contributed by atoms with Crippen molar-refractivity contribution >= 4 is 42.1 Å². The second-order valence-electron chi connectivity index (χ2n) is 11.3. The van der Waals surface area contributed by atoms with Crippen molar-refractivity contribution in [3.63, 3.8) is 0 Å². The van der Waals surface area contributed by atoms with Gasteiger partial charge in [0, 0.05) is 20.5 Å². The van der Waals surface area contributed by atoms with Gasteiger partial charge in [0.1, 0.15) is 12.3 Å². The Morgan fingerprint density at radius 3 is 2.27 bits per heavy atom. The number of aliphatic hydroxyl groups excluding tert-OH is 1. The minimum absolute atomic E-state index is 0.102. The van der Waals surface area contributed by atoms with E-state index in [1.165, 1.54) is 0 Å². The summed E-state index contributed by atoms with van der Waals surface area (Å²) in [6, 6.07) is 20.8. The lowest BCUT2D eigenvalue weighted by molar-refractivity contribution is -0.0398. The van der Waals surface area contributed by atoms with Gasteiger partial charge in [0.25, 0.3) is 14.3 Å². The van der Waals surface area contributed by atoms with Gasteiger partial charge in [0.05, 0.1) is 25.4 Å². The highest BCUT2D eigenvalue weighted by atomic mass is 28.4. The molecule has 1 aliphatic heterocycles. The van der Waals surface area contributed by atoms with E-state index in [1.807, 2.05) is 50.5 Å². The van der Waals surface area contributed by atoms with Gasteiger partial charge in [-0.15, -0.1) is 0 Å². The van der Waals surface area contributed by atoms with E-state index >= 15 is 0 Å². The molecule has 1 aliphatic rings. The Morgan fingerprint density at radius 2 is 1.70 bits per heavy atom. The van der Waals surface area contributed by atoms with Crippen LogP contribution in [0, 0.1) is 0 Å². The number of nitrogens with zero attached hydrogens (tertiary/aromatic N) is 6. The molecule has 0 unspecified atom stereocenters. The predicted molar refractivity (Wildman–Crippen MR) is 157 cm³/mol. The fraction of sp³-hybridized carbons (Fsp3) is 0.379. The zero-order chi connectivity index (χ0) is 28.5. The lowest BCUT2D eigenvalue weighted by Gasteiger charge is -2.43. The molecule has 210 valence electrons. The number of ether oxygens (including phenoxy) is 1. The number of aromatic nitrogens is 4. The van der Waals surface area contributed by atoms with Crippen molar-refractivity contribution in [1.29, 1.82) is 0 Å². The number of fused-ring (bicyclic) bond motifs is 1. The summed E-state index contributed by atoms with van der Waals surface area (Å²) in [5.74, 6) is -0.162. The van der Waals surface area contributed by atoms with Crippen LogP contribution in [0.1, 0.15) is 33.4 Å². The summed E-state index contributed by atoms with van der Waals surface area (Å²) in [5.41, 5.74) is 0.623. The molecule has 10 nitrogen and oxygen atoms in total. The van der Waals surface area contributed by atoms with E-state index in [0.29, 0.717) is 12.1 Å². The summed E-state index contributed by atoms with van der Waals surface area (Å²) in [5, 5.41) is 23.6. The number of imidazole rings is 1. The van der Waals surface area contributed by atoms with Gasteiger partial charge in [0.2, 0.25) is 5.88 Å². The maximum absolute atomic E-state index is 11.1. The second-order valence-corrected chi connectivity index (χ2v) is 15.6. The van der Waals surface area contributed by atoms with Crippen molar-refractivity contribution in [2.24, 2.45) is 4.99 Å². The Morgan fingerprint density at radius 1 is 1.07 bits per heavy atom. The lowest BCUT2D eigenvalue weighted by atomic mass is 10.2. The molecule has 0 saturated carbocycles. The minimum atomic E-state index is -2.80. The summed E-state index contributed by atoms with van der Waals surface area (Å²) >= 11 is 0. The molecule has 5 rings (SSSR count). The molecule has 0 spiro atoms. The van der Waals surface area contributed by atoms with E-state index in [4.69, 9.17) is 9.16 Å². The summed E-state index contributed by atoms with van der Waals surface area (Å²) in [7, 11) is 0.861. The first-order chi connectivity index (χ1) is 19.1. The third-order valence-electron chi connectivity index (χ3n) is 7.19. The number of hydrogen-bond acceptors (Lipinski definition) is 8. The fourth-order valence-corrected chi connectivity index (χ4v) is 9.90. The number of rotatable bonds is 8. The van der Waals surface area contributed by atoms with Gasteiger partial charge in [-0.05, 0) is 15.4 Å². The molecule has 0 bridgehead atoms. The highest BCUT2D eigenvalue weighted by Crippen LogP contribution is 2.38. The van der Waals surface area contributed by atoms with Crippen molar-refractivity contribution in [2.75, 3.05) is 20.7 Å². The summed E-state index contributed by atoms with van der Waals surface area (Å²) < 4.78 is 15.1. The van der Waals surface area contributed by atoms with Gasteiger partial charge < -0.3 is 24.3 Å². The molecular formula is C29H36N6O4Si. The molecule has 0 amide bonds. The monoisotopic (exact) mass is 560 g/mol. The van der Waals surface area contributed by atoms with Gasteiger partial charge in [0.15, 0.2) is 11.2 Å². The Balaban J connectivity index is 1.44. The van der Waals surface area contributed by atoms with E-state index in [-0.39, 0.29) is 29.0 Å². The third kappa shape index (κ3) is 5.25. The van der Waals surface area contributed by atoms with Gasteiger partial charge in [-0.1, -0.05) is 81.4 Å². The Hall–Kier alpha value is -3.64. The van der Waals surface area contributed by atoms with Gasteiger partial charge >= 0.3 is 0 Å². The first-order valence-electron chi connectivity index (χ1n) is 13.3. The van der Waals surface area contributed by atoms with Gasteiger partial charge in [-0.3, -0.25) is 4.57 Å². The predicted octanol–water partition coefficient (Wildman–Crippen LogP) is 2.98. The van der Waals surface area contributed by atoms with E-state index in [9.17, 15) is 10.2 Å². The average molecular weight is 561 g/mol. The topological polar surface area (TPSA) is 118 Å². The first kappa shape index (κ1) is 27.9. The van der Waals surface area contributed by atoms with E-state index in [0.717, 1.165) is 10.4 Å². The van der Waals surface area contributed by atoms with Crippen LogP contribution in [-0.4, -0.2) is 82.2 Å². The average Bonchev–Trinajstić information content (AvgIpc) is 3.52. The maximum Gasteiger partial charge on any atom is 0.261 e. The molecule has 3 heterocycles. The lowest BCUT2D eigenvalue weighted by Crippen LogP contribution is -2.67. The zero-order valence-electron chi connectivity index (χ0n) is 23.5. The Kier molecular flexibility index (Phi) is 7.73. The van der Waals surface area contributed by atoms with Crippen LogP contribution in [0.2, 0.25) is 5.04 Å². The molecule has 1 fully saturated rings. The molecule has 0 aliphatic carbocycles. The second kappa shape index (κ2) is 11.1. The molecule has 2 aromatic carbocycles. The normalized spacial score (nSPS) is 20.0. The Labute approximate surface area is 235 Å². The molecule has 2 N–H and O–H groups in total.